The summed E-state index contributed by atoms with van der Waals surface area (Å²) in [5.41, 5.74) is 1.65. The highest BCUT2D eigenvalue weighted by molar-refractivity contribution is 5.95. The van der Waals surface area contributed by atoms with Gasteiger partial charge >= 0.3 is 6.18 Å². The van der Waals surface area contributed by atoms with Crippen molar-refractivity contribution in [3.63, 3.8) is 0 Å². The van der Waals surface area contributed by atoms with Gasteiger partial charge in [-0.2, -0.15) is 13.2 Å². The Morgan fingerprint density at radius 2 is 1.79 bits per heavy atom. The van der Waals surface area contributed by atoms with Crippen LogP contribution in [0.1, 0.15) is 37.7 Å². The standard InChI is InChI=1S/C26H30F3N3O/c1-31(22-7-3-2-4-8-22)17-15-30-24(33)18-32-16-14-20-6-5-9-23(25(20)32)19-10-12-21(13-11-19)26(27,28)29/h5-6,9-14,16,22H,2-4,7-8,15,17-18H2,1H3,(H,30,33). The molecule has 4 rings (SSSR count). The van der Waals surface area contributed by atoms with Gasteiger partial charge in [0.15, 0.2) is 0 Å². The Morgan fingerprint density at radius 1 is 1.06 bits per heavy atom. The number of hydrogen-bond donors (Lipinski definition) is 1. The average Bonchev–Trinajstić information content (AvgIpc) is 3.22. The summed E-state index contributed by atoms with van der Waals surface area (Å²) in [6, 6.07) is 13.4. The topological polar surface area (TPSA) is 37.3 Å². The zero-order valence-electron chi connectivity index (χ0n) is 18.9. The van der Waals surface area contributed by atoms with Crippen molar-refractivity contribution in [3.05, 3.63) is 60.3 Å². The number of nitrogens with zero attached hydrogens (tertiary/aromatic N) is 2. The van der Waals surface area contributed by atoms with Gasteiger partial charge in [0.1, 0.15) is 6.54 Å². The Labute approximate surface area is 192 Å². The molecule has 0 unspecified atom stereocenters. The van der Waals surface area contributed by atoms with Gasteiger partial charge in [-0.1, -0.05) is 49.6 Å². The molecule has 0 spiro atoms. The number of aromatic nitrogens is 1. The lowest BCUT2D eigenvalue weighted by Gasteiger charge is -2.31. The van der Waals surface area contributed by atoms with E-state index in [4.69, 9.17) is 0 Å². The van der Waals surface area contributed by atoms with Crippen LogP contribution in [0, 0.1) is 0 Å². The van der Waals surface area contributed by atoms with E-state index in [1.54, 1.807) is 0 Å². The number of carbonyl (C=O) groups is 1. The molecule has 1 amide bonds. The smallest absolute Gasteiger partial charge is 0.353 e. The number of para-hydroxylation sites is 1. The van der Waals surface area contributed by atoms with Crippen LogP contribution in [0.25, 0.3) is 22.0 Å². The van der Waals surface area contributed by atoms with Gasteiger partial charge in [0.2, 0.25) is 5.91 Å². The molecule has 1 aliphatic carbocycles. The fourth-order valence-electron chi connectivity index (χ4n) is 4.75. The monoisotopic (exact) mass is 457 g/mol. The van der Waals surface area contributed by atoms with E-state index in [2.05, 4.69) is 17.3 Å². The molecule has 4 nitrogen and oxygen atoms in total. The second-order valence-corrected chi connectivity index (χ2v) is 8.88. The molecule has 0 bridgehead atoms. The Morgan fingerprint density at radius 3 is 2.48 bits per heavy atom. The highest BCUT2D eigenvalue weighted by atomic mass is 19.4. The maximum atomic E-state index is 12.9. The summed E-state index contributed by atoms with van der Waals surface area (Å²) in [7, 11) is 2.12. The van der Waals surface area contributed by atoms with E-state index < -0.39 is 11.7 Å². The first-order valence-corrected chi connectivity index (χ1v) is 11.6. The minimum Gasteiger partial charge on any atom is -0.353 e. The molecule has 1 saturated carbocycles. The van der Waals surface area contributed by atoms with E-state index in [9.17, 15) is 18.0 Å². The molecule has 1 N–H and O–H groups in total. The molecule has 0 radical (unpaired) electrons. The predicted octanol–water partition coefficient (Wildman–Crippen LogP) is 5.71. The summed E-state index contributed by atoms with van der Waals surface area (Å²) < 4.78 is 40.7. The van der Waals surface area contributed by atoms with Crippen molar-refractivity contribution in [1.29, 1.82) is 0 Å². The number of hydrogen-bond acceptors (Lipinski definition) is 2. The number of fused-ring (bicyclic) bond motifs is 1. The molecule has 1 fully saturated rings. The number of nitrogens with one attached hydrogen (secondary N) is 1. The third-order valence-electron chi connectivity index (χ3n) is 6.61. The Kier molecular flexibility index (Phi) is 7.08. The first kappa shape index (κ1) is 23.4. The highest BCUT2D eigenvalue weighted by Crippen LogP contribution is 2.33. The number of amides is 1. The lowest BCUT2D eigenvalue weighted by Crippen LogP contribution is -2.40. The Balaban J connectivity index is 1.43. The largest absolute Gasteiger partial charge is 0.416 e. The number of halogens is 3. The molecule has 1 heterocycles. The lowest BCUT2D eigenvalue weighted by molar-refractivity contribution is -0.137. The SMILES string of the molecule is CN(CCNC(=O)Cn1ccc2cccc(-c3ccc(C(F)(F)F)cc3)c21)C1CCCCC1. The van der Waals surface area contributed by atoms with Crippen LogP contribution >= 0.6 is 0 Å². The fourth-order valence-corrected chi connectivity index (χ4v) is 4.75. The molecule has 3 aromatic rings. The van der Waals surface area contributed by atoms with E-state index in [0.717, 1.165) is 35.1 Å². The Bertz CT molecular complexity index is 1080. The summed E-state index contributed by atoms with van der Waals surface area (Å²) in [5, 5.41) is 3.95. The van der Waals surface area contributed by atoms with E-state index in [-0.39, 0.29) is 12.5 Å². The molecule has 7 heteroatoms. The van der Waals surface area contributed by atoms with Crippen LogP contribution in [0.2, 0.25) is 0 Å². The second kappa shape index (κ2) is 10.00. The summed E-state index contributed by atoms with van der Waals surface area (Å²) in [6.07, 6.45) is 3.83. The highest BCUT2D eigenvalue weighted by Gasteiger charge is 2.30. The van der Waals surface area contributed by atoms with Gasteiger partial charge in [-0.15, -0.1) is 0 Å². The summed E-state index contributed by atoms with van der Waals surface area (Å²) in [5.74, 6) is -0.0771. The lowest BCUT2D eigenvalue weighted by atomic mass is 9.94. The molecule has 0 atom stereocenters. The summed E-state index contributed by atoms with van der Waals surface area (Å²) in [4.78, 5) is 15.0. The zero-order chi connectivity index (χ0) is 23.4. The third-order valence-corrected chi connectivity index (χ3v) is 6.61. The molecule has 0 saturated heterocycles. The van der Waals surface area contributed by atoms with Crippen LogP contribution in [-0.4, -0.2) is 41.6 Å². The van der Waals surface area contributed by atoms with Crippen molar-refractivity contribution in [2.24, 2.45) is 0 Å². The molecule has 0 aliphatic heterocycles. The van der Waals surface area contributed by atoms with Crippen LogP contribution in [0.3, 0.4) is 0 Å². The van der Waals surface area contributed by atoms with Crippen LogP contribution < -0.4 is 5.32 Å². The molecule has 1 aromatic heterocycles. The zero-order valence-corrected chi connectivity index (χ0v) is 18.9. The first-order chi connectivity index (χ1) is 15.8. The van der Waals surface area contributed by atoms with Gasteiger partial charge in [0, 0.05) is 36.3 Å². The number of carbonyl (C=O) groups excluding carboxylic acids is 1. The summed E-state index contributed by atoms with van der Waals surface area (Å²) in [6.45, 7) is 1.57. The fraction of sp³-hybridized carbons (Fsp3) is 0.423. The molecule has 176 valence electrons. The van der Waals surface area contributed by atoms with E-state index >= 15 is 0 Å². The van der Waals surface area contributed by atoms with Crippen LogP contribution in [-0.2, 0) is 17.5 Å². The predicted molar refractivity (Wildman–Crippen MR) is 125 cm³/mol. The van der Waals surface area contributed by atoms with Gasteiger partial charge in [-0.3, -0.25) is 4.79 Å². The van der Waals surface area contributed by atoms with Gasteiger partial charge in [-0.05, 0) is 43.7 Å². The van der Waals surface area contributed by atoms with Gasteiger partial charge < -0.3 is 14.8 Å². The number of likely N-dealkylation sites (N-methyl/N-ethyl adjacent to an activating group) is 1. The minimum atomic E-state index is -4.37. The Hall–Kier alpha value is -2.80. The van der Waals surface area contributed by atoms with Gasteiger partial charge in [0.05, 0.1) is 11.1 Å². The molecule has 2 aromatic carbocycles. The van der Waals surface area contributed by atoms with E-state index in [1.807, 2.05) is 35.0 Å². The maximum absolute atomic E-state index is 12.9. The third kappa shape index (κ3) is 5.58. The van der Waals surface area contributed by atoms with Crippen molar-refractivity contribution in [1.82, 2.24) is 14.8 Å². The van der Waals surface area contributed by atoms with E-state index in [1.165, 1.54) is 44.2 Å². The summed E-state index contributed by atoms with van der Waals surface area (Å²) >= 11 is 0. The van der Waals surface area contributed by atoms with Crippen molar-refractivity contribution in [3.8, 4) is 11.1 Å². The quantitative estimate of drug-likeness (QED) is 0.494. The molecular weight excluding hydrogens is 427 g/mol. The maximum Gasteiger partial charge on any atom is 0.416 e. The van der Waals surface area contributed by atoms with Gasteiger partial charge in [0.25, 0.3) is 0 Å². The van der Waals surface area contributed by atoms with Crippen molar-refractivity contribution < 1.29 is 18.0 Å². The van der Waals surface area contributed by atoms with E-state index in [0.29, 0.717) is 18.2 Å². The van der Waals surface area contributed by atoms with Crippen LogP contribution in [0.15, 0.2) is 54.7 Å². The normalized spacial score (nSPS) is 15.3. The van der Waals surface area contributed by atoms with Crippen molar-refractivity contribution in [2.45, 2.75) is 50.9 Å². The van der Waals surface area contributed by atoms with Gasteiger partial charge in [-0.25, -0.2) is 0 Å². The van der Waals surface area contributed by atoms with Crippen LogP contribution in [0.5, 0.6) is 0 Å². The minimum absolute atomic E-state index is 0.0771. The average molecular weight is 458 g/mol. The second-order valence-electron chi connectivity index (χ2n) is 8.88. The van der Waals surface area contributed by atoms with Crippen molar-refractivity contribution >= 4 is 16.8 Å². The van der Waals surface area contributed by atoms with Crippen molar-refractivity contribution in [2.75, 3.05) is 20.1 Å². The number of rotatable bonds is 7. The first-order valence-electron chi connectivity index (χ1n) is 11.6. The van der Waals surface area contributed by atoms with Crippen LogP contribution in [0.4, 0.5) is 13.2 Å². The molecule has 33 heavy (non-hydrogen) atoms. The number of alkyl halides is 3. The molecular formula is C26H30F3N3O. The number of benzene rings is 2. The molecule has 1 aliphatic rings.